The molecule has 1 aliphatic rings. The monoisotopic (exact) mass is 273 g/mol. The minimum atomic E-state index is -0.471. The van der Waals surface area contributed by atoms with Crippen molar-refractivity contribution in [2.45, 2.75) is 32.2 Å². The van der Waals surface area contributed by atoms with E-state index in [-0.39, 0.29) is 0 Å². The van der Waals surface area contributed by atoms with Gasteiger partial charge in [0.1, 0.15) is 0 Å². The number of benzene rings is 1. The van der Waals surface area contributed by atoms with Crippen molar-refractivity contribution in [3.8, 4) is 0 Å². The molecule has 0 bridgehead atoms. The standard InChI is InChI=1S/C15H19N3O2/c1-2-16-10-4-6-14-12(8-10)11-7-9(15(19)18-20)3-5-13(11)17-14/h3,5,7,10,16-17,20H,2,4,6,8H2,1H3,(H,18,19). The van der Waals surface area contributed by atoms with Gasteiger partial charge in [-0.1, -0.05) is 6.92 Å². The summed E-state index contributed by atoms with van der Waals surface area (Å²) >= 11 is 0. The zero-order valence-corrected chi connectivity index (χ0v) is 11.5. The van der Waals surface area contributed by atoms with Crippen LogP contribution in [0.3, 0.4) is 0 Å². The van der Waals surface area contributed by atoms with E-state index in [1.807, 2.05) is 12.1 Å². The molecule has 0 fully saturated rings. The maximum absolute atomic E-state index is 11.5. The Morgan fingerprint density at radius 1 is 1.50 bits per heavy atom. The van der Waals surface area contributed by atoms with Gasteiger partial charge in [0.15, 0.2) is 0 Å². The van der Waals surface area contributed by atoms with Crippen LogP contribution in [0.25, 0.3) is 10.9 Å². The predicted octanol–water partition coefficient (Wildman–Crippen LogP) is 1.75. The van der Waals surface area contributed by atoms with Gasteiger partial charge < -0.3 is 10.3 Å². The number of likely N-dealkylation sites (N-methyl/N-ethyl adjacent to an activating group) is 1. The quantitative estimate of drug-likeness (QED) is 0.508. The number of fused-ring (bicyclic) bond motifs is 3. The van der Waals surface area contributed by atoms with Crippen molar-refractivity contribution in [3.63, 3.8) is 0 Å². The van der Waals surface area contributed by atoms with E-state index in [1.165, 1.54) is 11.3 Å². The van der Waals surface area contributed by atoms with Crippen LogP contribution >= 0.6 is 0 Å². The third-order valence-corrected chi connectivity index (χ3v) is 4.04. The van der Waals surface area contributed by atoms with E-state index in [1.54, 1.807) is 11.5 Å². The van der Waals surface area contributed by atoms with Crippen LogP contribution in [0.4, 0.5) is 0 Å². The fraction of sp³-hybridized carbons (Fsp3) is 0.400. The Labute approximate surface area is 117 Å². The number of nitrogens with one attached hydrogen (secondary N) is 3. The molecule has 1 unspecified atom stereocenters. The van der Waals surface area contributed by atoms with Gasteiger partial charge in [-0.05, 0) is 49.6 Å². The van der Waals surface area contributed by atoms with Crippen LogP contribution in [0.15, 0.2) is 18.2 Å². The number of carbonyl (C=O) groups is 1. The second-order valence-corrected chi connectivity index (χ2v) is 5.28. The molecule has 20 heavy (non-hydrogen) atoms. The SMILES string of the molecule is CCNC1CCc2[nH]c3ccc(C(=O)NO)cc3c2C1. The third kappa shape index (κ3) is 2.19. The molecule has 1 atom stereocenters. The minimum absolute atomic E-state index is 0.471. The summed E-state index contributed by atoms with van der Waals surface area (Å²) in [4.78, 5) is 15.0. The molecule has 1 aromatic heterocycles. The molecule has 1 amide bonds. The van der Waals surface area contributed by atoms with Crippen LogP contribution < -0.4 is 10.8 Å². The van der Waals surface area contributed by atoms with Crippen LogP contribution in [0.1, 0.15) is 35.0 Å². The summed E-state index contributed by atoms with van der Waals surface area (Å²) in [6.07, 6.45) is 3.15. The molecule has 1 heterocycles. The molecule has 1 aliphatic carbocycles. The third-order valence-electron chi connectivity index (χ3n) is 4.04. The summed E-state index contributed by atoms with van der Waals surface area (Å²) in [6.45, 7) is 3.09. The highest BCUT2D eigenvalue weighted by Gasteiger charge is 2.22. The lowest BCUT2D eigenvalue weighted by atomic mass is 9.91. The van der Waals surface area contributed by atoms with Crippen molar-refractivity contribution in [2.75, 3.05) is 6.54 Å². The molecule has 5 nitrogen and oxygen atoms in total. The molecule has 4 N–H and O–H groups in total. The Balaban J connectivity index is 2.02. The molecule has 0 radical (unpaired) electrons. The van der Waals surface area contributed by atoms with E-state index in [9.17, 15) is 4.79 Å². The van der Waals surface area contributed by atoms with Crippen molar-refractivity contribution in [1.82, 2.24) is 15.8 Å². The summed E-state index contributed by atoms with van der Waals surface area (Å²) in [7, 11) is 0. The van der Waals surface area contributed by atoms with Crippen molar-refractivity contribution in [1.29, 1.82) is 0 Å². The first-order valence-electron chi connectivity index (χ1n) is 7.04. The second kappa shape index (κ2) is 5.26. The Bertz CT molecular complexity index is 648. The molecule has 5 heteroatoms. The van der Waals surface area contributed by atoms with E-state index in [0.29, 0.717) is 11.6 Å². The molecule has 2 aromatic rings. The summed E-state index contributed by atoms with van der Waals surface area (Å²) in [5.41, 5.74) is 5.79. The van der Waals surface area contributed by atoms with E-state index in [4.69, 9.17) is 5.21 Å². The summed E-state index contributed by atoms with van der Waals surface area (Å²) < 4.78 is 0. The van der Waals surface area contributed by atoms with Crippen LogP contribution in [0.5, 0.6) is 0 Å². The lowest BCUT2D eigenvalue weighted by Gasteiger charge is -2.23. The Morgan fingerprint density at radius 2 is 2.35 bits per heavy atom. The topological polar surface area (TPSA) is 77.2 Å². The van der Waals surface area contributed by atoms with Gasteiger partial charge in [0, 0.05) is 28.2 Å². The Kier molecular flexibility index (Phi) is 3.46. The maximum Gasteiger partial charge on any atom is 0.274 e. The molecule has 106 valence electrons. The van der Waals surface area contributed by atoms with Crippen LogP contribution in [0.2, 0.25) is 0 Å². The minimum Gasteiger partial charge on any atom is -0.358 e. The van der Waals surface area contributed by atoms with Gasteiger partial charge in [-0.2, -0.15) is 0 Å². The van der Waals surface area contributed by atoms with Gasteiger partial charge in [0.2, 0.25) is 0 Å². The molecule has 0 saturated heterocycles. The van der Waals surface area contributed by atoms with E-state index < -0.39 is 5.91 Å². The average Bonchev–Trinajstić information content (AvgIpc) is 2.84. The van der Waals surface area contributed by atoms with Gasteiger partial charge >= 0.3 is 0 Å². The van der Waals surface area contributed by atoms with Gasteiger partial charge in [-0.15, -0.1) is 0 Å². The Hall–Kier alpha value is -1.85. The number of hydrogen-bond donors (Lipinski definition) is 4. The number of carbonyl (C=O) groups excluding carboxylic acids is 1. The first kappa shape index (κ1) is 13.1. The van der Waals surface area contributed by atoms with Gasteiger partial charge in [-0.3, -0.25) is 10.0 Å². The molecule has 0 aliphatic heterocycles. The normalized spacial score (nSPS) is 18.0. The fourth-order valence-electron chi connectivity index (χ4n) is 3.09. The van der Waals surface area contributed by atoms with Crippen molar-refractivity contribution in [2.24, 2.45) is 0 Å². The van der Waals surface area contributed by atoms with Crippen molar-refractivity contribution < 1.29 is 10.0 Å². The number of H-pyrrole nitrogens is 1. The molecule has 0 saturated carbocycles. The summed E-state index contributed by atoms with van der Waals surface area (Å²) in [5.74, 6) is -0.471. The highest BCUT2D eigenvalue weighted by molar-refractivity contribution is 5.98. The number of hydrogen-bond acceptors (Lipinski definition) is 3. The van der Waals surface area contributed by atoms with Gasteiger partial charge in [0.25, 0.3) is 5.91 Å². The molecule has 0 spiro atoms. The molecule has 1 aromatic carbocycles. The van der Waals surface area contributed by atoms with E-state index >= 15 is 0 Å². The summed E-state index contributed by atoms with van der Waals surface area (Å²) in [5, 5.41) is 13.3. The number of hydroxylamine groups is 1. The van der Waals surface area contributed by atoms with Gasteiger partial charge in [0.05, 0.1) is 0 Å². The highest BCUT2D eigenvalue weighted by atomic mass is 16.5. The maximum atomic E-state index is 11.5. The average molecular weight is 273 g/mol. The highest BCUT2D eigenvalue weighted by Crippen LogP contribution is 2.29. The lowest BCUT2D eigenvalue weighted by molar-refractivity contribution is 0.0706. The number of aryl methyl sites for hydroxylation is 1. The number of amides is 1. The fourth-order valence-corrected chi connectivity index (χ4v) is 3.09. The van der Waals surface area contributed by atoms with Crippen LogP contribution in [-0.2, 0) is 12.8 Å². The van der Waals surface area contributed by atoms with Crippen molar-refractivity contribution in [3.05, 3.63) is 35.0 Å². The molecular formula is C15H19N3O2. The number of rotatable bonds is 3. The molecule has 3 rings (SSSR count). The summed E-state index contributed by atoms with van der Waals surface area (Å²) in [6, 6.07) is 5.98. The Morgan fingerprint density at radius 3 is 3.10 bits per heavy atom. The molecular weight excluding hydrogens is 254 g/mol. The largest absolute Gasteiger partial charge is 0.358 e. The number of aromatic amines is 1. The van der Waals surface area contributed by atoms with E-state index in [0.717, 1.165) is 36.7 Å². The predicted molar refractivity (Wildman–Crippen MR) is 77.0 cm³/mol. The smallest absolute Gasteiger partial charge is 0.274 e. The number of aromatic nitrogens is 1. The lowest BCUT2D eigenvalue weighted by Crippen LogP contribution is -2.34. The zero-order chi connectivity index (χ0) is 14.1. The van der Waals surface area contributed by atoms with Crippen molar-refractivity contribution >= 4 is 16.8 Å². The van der Waals surface area contributed by atoms with Crippen LogP contribution in [-0.4, -0.2) is 28.7 Å². The van der Waals surface area contributed by atoms with E-state index in [2.05, 4.69) is 17.2 Å². The van der Waals surface area contributed by atoms with Crippen LogP contribution in [0, 0.1) is 0 Å². The first-order chi connectivity index (χ1) is 9.72. The van der Waals surface area contributed by atoms with Gasteiger partial charge in [-0.25, -0.2) is 5.48 Å². The second-order valence-electron chi connectivity index (χ2n) is 5.28. The zero-order valence-electron chi connectivity index (χ0n) is 11.5. The first-order valence-corrected chi connectivity index (χ1v) is 7.04.